The van der Waals surface area contributed by atoms with E-state index in [-0.39, 0.29) is 24.1 Å². The van der Waals surface area contributed by atoms with Crippen molar-refractivity contribution in [2.75, 3.05) is 6.54 Å². The predicted octanol–water partition coefficient (Wildman–Crippen LogP) is 5.74. The Hall–Kier alpha value is -2.89. The second-order valence-corrected chi connectivity index (χ2v) is 9.94. The number of hydrogen-bond acceptors (Lipinski definition) is 4. The first-order valence-electron chi connectivity index (χ1n) is 11.7. The van der Waals surface area contributed by atoms with E-state index in [1.807, 2.05) is 6.21 Å². The van der Waals surface area contributed by atoms with Gasteiger partial charge in [0.25, 0.3) is 0 Å². The topological polar surface area (TPSA) is 34.1 Å². The molecule has 3 aromatic rings. The zero-order valence-corrected chi connectivity index (χ0v) is 19.8. The monoisotopic (exact) mass is 438 g/mol. The Bertz CT molecular complexity index is 1000. The molecule has 2 aliphatic rings. The molecule has 0 saturated carbocycles. The SMILES string of the molecule is CC1(C)OB(C2C=NN(C(c3ccccc3)(c3ccccc3)c3ccccc3)C2)OC1(C)C. The highest BCUT2D eigenvalue weighted by atomic mass is 16.7. The van der Waals surface area contributed by atoms with Crippen molar-refractivity contribution in [1.29, 1.82) is 0 Å². The van der Waals surface area contributed by atoms with Crippen LogP contribution in [0.1, 0.15) is 44.4 Å². The minimum absolute atomic E-state index is 0.0292. The minimum atomic E-state index is -0.571. The van der Waals surface area contributed by atoms with Crippen molar-refractivity contribution in [3.63, 3.8) is 0 Å². The van der Waals surface area contributed by atoms with Crippen molar-refractivity contribution in [1.82, 2.24) is 5.01 Å². The molecule has 3 aromatic carbocycles. The smallest absolute Gasteiger partial charge is 0.403 e. The van der Waals surface area contributed by atoms with E-state index in [9.17, 15) is 0 Å². The summed E-state index contributed by atoms with van der Waals surface area (Å²) in [5, 5.41) is 7.22. The van der Waals surface area contributed by atoms with Crippen molar-refractivity contribution in [3.8, 4) is 0 Å². The fourth-order valence-electron chi connectivity index (χ4n) is 4.89. The molecule has 0 aliphatic carbocycles. The first-order chi connectivity index (χ1) is 15.8. The van der Waals surface area contributed by atoms with Crippen molar-refractivity contribution >= 4 is 13.3 Å². The lowest BCUT2D eigenvalue weighted by Gasteiger charge is -2.43. The van der Waals surface area contributed by atoms with E-state index in [0.717, 1.165) is 0 Å². The molecule has 0 aromatic heterocycles. The molecule has 0 amide bonds. The third kappa shape index (κ3) is 3.60. The Morgan fingerprint density at radius 1 is 0.727 bits per heavy atom. The normalized spacial score (nSPS) is 21.5. The third-order valence-corrected chi connectivity index (χ3v) is 7.36. The average Bonchev–Trinajstić information content (AvgIpc) is 3.39. The molecule has 0 N–H and O–H groups in total. The largest absolute Gasteiger partial charge is 0.468 e. The van der Waals surface area contributed by atoms with Gasteiger partial charge < -0.3 is 9.31 Å². The van der Waals surface area contributed by atoms with Crippen LogP contribution in [-0.2, 0) is 14.8 Å². The average molecular weight is 438 g/mol. The molecule has 168 valence electrons. The molecular weight excluding hydrogens is 407 g/mol. The van der Waals surface area contributed by atoms with Crippen LogP contribution in [-0.4, -0.2) is 36.1 Å². The van der Waals surface area contributed by atoms with Gasteiger partial charge in [-0.1, -0.05) is 91.0 Å². The van der Waals surface area contributed by atoms with E-state index < -0.39 is 5.54 Å². The highest BCUT2D eigenvalue weighted by molar-refractivity contribution is 6.52. The van der Waals surface area contributed by atoms with Crippen molar-refractivity contribution in [3.05, 3.63) is 108 Å². The molecule has 5 rings (SSSR count). The standard InChI is InChI=1S/C28H31BN2O2/c1-26(2)27(3,4)33-29(32-26)25-20-30-31(21-25)28(22-14-8-5-9-15-22,23-16-10-6-11-17-23)24-18-12-7-13-19-24/h5-20,25H,21H2,1-4H3. The van der Waals surface area contributed by atoms with Crippen molar-refractivity contribution in [2.45, 2.75) is 50.3 Å². The Kier molecular flexibility index (Phi) is 5.42. The van der Waals surface area contributed by atoms with Crippen LogP contribution in [0.3, 0.4) is 0 Å². The lowest BCUT2D eigenvalue weighted by Crippen LogP contribution is -2.45. The van der Waals surface area contributed by atoms with Gasteiger partial charge in [0.2, 0.25) is 0 Å². The first kappa shape index (κ1) is 21.9. The lowest BCUT2D eigenvalue weighted by atomic mass is 9.71. The summed E-state index contributed by atoms with van der Waals surface area (Å²) in [4.78, 5) is 0. The molecule has 2 aliphatic heterocycles. The van der Waals surface area contributed by atoms with Crippen molar-refractivity contribution in [2.24, 2.45) is 5.10 Å². The second kappa shape index (κ2) is 8.16. The van der Waals surface area contributed by atoms with Gasteiger partial charge in [-0.3, -0.25) is 5.01 Å². The van der Waals surface area contributed by atoms with Gasteiger partial charge in [0.1, 0.15) is 5.54 Å². The molecule has 1 atom stereocenters. The van der Waals surface area contributed by atoms with Gasteiger partial charge in [0.05, 0.1) is 17.0 Å². The molecule has 0 bridgehead atoms. The number of hydrazone groups is 1. The van der Waals surface area contributed by atoms with Crippen LogP contribution in [0.5, 0.6) is 0 Å². The van der Waals surface area contributed by atoms with Crippen LogP contribution >= 0.6 is 0 Å². The Morgan fingerprint density at radius 3 is 1.52 bits per heavy atom. The molecule has 0 spiro atoms. The van der Waals surface area contributed by atoms with E-state index in [1.54, 1.807) is 0 Å². The second-order valence-electron chi connectivity index (χ2n) is 9.94. The molecule has 4 nitrogen and oxygen atoms in total. The molecule has 2 heterocycles. The lowest BCUT2D eigenvalue weighted by molar-refractivity contribution is 0.00578. The van der Waals surface area contributed by atoms with Crippen LogP contribution < -0.4 is 0 Å². The fraction of sp³-hybridized carbons (Fsp3) is 0.321. The molecule has 1 unspecified atom stereocenters. The van der Waals surface area contributed by atoms with E-state index >= 15 is 0 Å². The van der Waals surface area contributed by atoms with Crippen LogP contribution in [0.4, 0.5) is 0 Å². The van der Waals surface area contributed by atoms with Gasteiger partial charge in [-0.05, 0) is 44.4 Å². The van der Waals surface area contributed by atoms with E-state index in [1.165, 1.54) is 16.7 Å². The zero-order valence-electron chi connectivity index (χ0n) is 19.8. The third-order valence-electron chi connectivity index (χ3n) is 7.36. The Morgan fingerprint density at radius 2 is 1.12 bits per heavy atom. The summed E-state index contributed by atoms with van der Waals surface area (Å²) in [6.07, 6.45) is 2.01. The number of nitrogens with zero attached hydrogens (tertiary/aromatic N) is 2. The van der Waals surface area contributed by atoms with Gasteiger partial charge in [-0.25, -0.2) is 0 Å². The van der Waals surface area contributed by atoms with Gasteiger partial charge in [0, 0.05) is 12.8 Å². The maximum absolute atomic E-state index is 6.39. The zero-order chi connectivity index (χ0) is 23.1. The molecule has 5 heteroatoms. The number of rotatable bonds is 5. The fourth-order valence-corrected chi connectivity index (χ4v) is 4.89. The van der Waals surface area contributed by atoms with Gasteiger partial charge in [-0.2, -0.15) is 5.10 Å². The van der Waals surface area contributed by atoms with E-state index in [4.69, 9.17) is 14.4 Å². The maximum atomic E-state index is 6.39. The Labute approximate surface area is 197 Å². The highest BCUT2D eigenvalue weighted by Gasteiger charge is 2.55. The molecular formula is C28H31BN2O2. The first-order valence-corrected chi connectivity index (χ1v) is 11.7. The van der Waals surface area contributed by atoms with Crippen LogP contribution in [0.15, 0.2) is 96.1 Å². The number of hydrogen-bond donors (Lipinski definition) is 0. The summed E-state index contributed by atoms with van der Waals surface area (Å²) in [7, 11) is -0.330. The Balaban J connectivity index is 1.60. The van der Waals surface area contributed by atoms with E-state index in [2.05, 4.69) is 124 Å². The van der Waals surface area contributed by atoms with Gasteiger partial charge in [-0.15, -0.1) is 0 Å². The summed E-state index contributed by atoms with van der Waals surface area (Å²) in [6, 6.07) is 31.9. The number of benzene rings is 3. The quantitative estimate of drug-likeness (QED) is 0.376. The van der Waals surface area contributed by atoms with Gasteiger partial charge >= 0.3 is 7.12 Å². The molecule has 33 heavy (non-hydrogen) atoms. The summed E-state index contributed by atoms with van der Waals surface area (Å²) in [5.41, 5.74) is 2.22. The predicted molar refractivity (Wildman–Crippen MR) is 134 cm³/mol. The highest BCUT2D eigenvalue weighted by Crippen LogP contribution is 2.46. The molecule has 0 radical (unpaired) electrons. The summed E-state index contributed by atoms with van der Waals surface area (Å²) < 4.78 is 12.8. The maximum Gasteiger partial charge on any atom is 0.468 e. The van der Waals surface area contributed by atoms with Crippen LogP contribution in [0.2, 0.25) is 5.82 Å². The molecule has 1 saturated heterocycles. The minimum Gasteiger partial charge on any atom is -0.403 e. The van der Waals surface area contributed by atoms with Crippen LogP contribution in [0, 0.1) is 0 Å². The van der Waals surface area contributed by atoms with Crippen LogP contribution in [0.25, 0.3) is 0 Å². The van der Waals surface area contributed by atoms with Gasteiger partial charge in [0.15, 0.2) is 0 Å². The van der Waals surface area contributed by atoms with Crippen molar-refractivity contribution < 1.29 is 9.31 Å². The van der Waals surface area contributed by atoms with E-state index in [0.29, 0.717) is 6.54 Å². The summed E-state index contributed by atoms with van der Waals surface area (Å²) in [5.74, 6) is 0.0292. The molecule has 1 fully saturated rings. The summed E-state index contributed by atoms with van der Waals surface area (Å²) >= 11 is 0. The summed E-state index contributed by atoms with van der Waals surface area (Å²) in [6.45, 7) is 9.08.